The number of hydrogen-bond donors (Lipinski definition) is 0. The van der Waals surface area contributed by atoms with E-state index in [1.165, 1.54) is 25.8 Å². The van der Waals surface area contributed by atoms with Gasteiger partial charge in [0.2, 0.25) is 0 Å². The van der Waals surface area contributed by atoms with Gasteiger partial charge in [-0.25, -0.2) is 0 Å². The van der Waals surface area contributed by atoms with E-state index in [9.17, 15) is 9.59 Å². The highest BCUT2D eigenvalue weighted by Crippen LogP contribution is 2.30. The van der Waals surface area contributed by atoms with E-state index in [4.69, 9.17) is 0 Å². The lowest BCUT2D eigenvalue weighted by molar-refractivity contribution is -0.140. The number of aromatic nitrogens is 1. The third-order valence-electron chi connectivity index (χ3n) is 2.75. The van der Waals surface area contributed by atoms with Crippen LogP contribution in [0.5, 0.6) is 0 Å². The molecule has 0 saturated carbocycles. The summed E-state index contributed by atoms with van der Waals surface area (Å²) >= 11 is 1.24. The van der Waals surface area contributed by atoms with Crippen LogP contribution in [0.4, 0.5) is 5.00 Å². The van der Waals surface area contributed by atoms with Crippen LogP contribution >= 0.6 is 11.5 Å². The first kappa shape index (κ1) is 14.3. The minimum absolute atomic E-state index is 0.0300. The molecule has 0 bridgehead atoms. The Kier molecular flexibility index (Phi) is 4.52. The van der Waals surface area contributed by atoms with Crippen molar-refractivity contribution in [2.75, 3.05) is 32.2 Å². The van der Waals surface area contributed by atoms with Crippen molar-refractivity contribution in [1.82, 2.24) is 4.37 Å². The minimum Gasteiger partial charge on any atom is -0.468 e. The van der Waals surface area contributed by atoms with Crippen LogP contribution in [0.15, 0.2) is 24.3 Å². The number of rotatable bonds is 5. The summed E-state index contributed by atoms with van der Waals surface area (Å²) in [7, 11) is 2.62. The minimum atomic E-state index is -0.425. The van der Waals surface area contributed by atoms with Gasteiger partial charge in [-0.15, -0.1) is 0 Å². The Hall–Kier alpha value is -2.15. The molecule has 1 heterocycles. The van der Waals surface area contributed by atoms with Crippen LogP contribution in [-0.4, -0.2) is 43.6 Å². The highest BCUT2D eigenvalue weighted by Gasteiger charge is 2.20. The van der Waals surface area contributed by atoms with E-state index in [1.807, 2.05) is 24.3 Å². The third kappa shape index (κ3) is 3.05. The molecule has 6 nitrogen and oxygen atoms in total. The number of esters is 2. The summed E-state index contributed by atoms with van der Waals surface area (Å²) in [5.74, 6) is -0.849. The highest BCUT2D eigenvalue weighted by atomic mass is 32.1. The maximum absolute atomic E-state index is 11.5. The Morgan fingerprint density at radius 3 is 2.35 bits per heavy atom. The molecule has 0 aliphatic heterocycles. The molecule has 1 aromatic carbocycles. The number of carbonyl (C=O) groups excluding carboxylic acids is 2. The summed E-state index contributed by atoms with van der Waals surface area (Å²) in [5.41, 5.74) is 0.826. The Morgan fingerprint density at radius 1 is 1.15 bits per heavy atom. The van der Waals surface area contributed by atoms with Gasteiger partial charge in [-0.3, -0.25) is 9.59 Å². The van der Waals surface area contributed by atoms with Gasteiger partial charge in [0.05, 0.1) is 19.7 Å². The summed E-state index contributed by atoms with van der Waals surface area (Å²) in [6.45, 7) is -0.0599. The van der Waals surface area contributed by atoms with Crippen LogP contribution in [0.25, 0.3) is 10.9 Å². The van der Waals surface area contributed by atoms with E-state index in [1.54, 1.807) is 4.90 Å². The number of carbonyl (C=O) groups is 2. The Labute approximate surface area is 120 Å². The van der Waals surface area contributed by atoms with Gasteiger partial charge in [0.15, 0.2) is 0 Å². The standard InChI is InChI=1S/C13H14N2O4S/c1-18-11(16)7-15(8-12(17)19-2)13-9-5-3-4-6-10(9)14-20-13/h3-6H,7-8H2,1-2H3. The van der Waals surface area contributed by atoms with Crippen molar-refractivity contribution in [1.29, 1.82) is 0 Å². The van der Waals surface area contributed by atoms with E-state index in [-0.39, 0.29) is 13.1 Å². The molecule has 0 aliphatic rings. The van der Waals surface area contributed by atoms with E-state index in [2.05, 4.69) is 13.8 Å². The van der Waals surface area contributed by atoms with Crippen LogP contribution in [-0.2, 0) is 19.1 Å². The number of benzene rings is 1. The summed E-state index contributed by atoms with van der Waals surface area (Å²) < 4.78 is 13.6. The van der Waals surface area contributed by atoms with Crippen LogP contribution in [0, 0.1) is 0 Å². The molecule has 106 valence electrons. The molecule has 0 atom stereocenters. The second-order valence-corrected chi connectivity index (χ2v) is 4.77. The number of hydrogen-bond acceptors (Lipinski definition) is 7. The second-order valence-electron chi connectivity index (χ2n) is 4.01. The first-order valence-electron chi connectivity index (χ1n) is 5.88. The SMILES string of the molecule is COC(=O)CN(CC(=O)OC)c1snc2ccccc12. The molecule has 0 unspecified atom stereocenters. The Bertz CT molecular complexity index is 608. The lowest BCUT2D eigenvalue weighted by Crippen LogP contribution is -2.35. The Morgan fingerprint density at radius 2 is 1.75 bits per heavy atom. The average molecular weight is 294 g/mol. The van der Waals surface area contributed by atoms with Crippen LogP contribution < -0.4 is 4.90 Å². The molecule has 0 radical (unpaired) electrons. The topological polar surface area (TPSA) is 68.7 Å². The normalized spacial score (nSPS) is 10.3. The van der Waals surface area contributed by atoms with Crippen LogP contribution in [0.3, 0.4) is 0 Å². The van der Waals surface area contributed by atoms with E-state index in [0.29, 0.717) is 0 Å². The van der Waals surface area contributed by atoms with Crippen LogP contribution in [0.2, 0.25) is 0 Å². The number of fused-ring (bicyclic) bond motifs is 1. The van der Waals surface area contributed by atoms with Gasteiger partial charge in [0, 0.05) is 5.39 Å². The summed E-state index contributed by atoms with van der Waals surface area (Å²) in [6.07, 6.45) is 0. The molecule has 0 amide bonds. The number of anilines is 1. The largest absolute Gasteiger partial charge is 0.468 e. The molecular weight excluding hydrogens is 280 g/mol. The average Bonchev–Trinajstić information content (AvgIpc) is 2.90. The summed E-state index contributed by atoms with van der Waals surface area (Å²) in [4.78, 5) is 24.6. The fourth-order valence-electron chi connectivity index (χ4n) is 1.74. The maximum Gasteiger partial charge on any atom is 0.325 e. The molecule has 7 heteroatoms. The quantitative estimate of drug-likeness (QED) is 0.777. The molecule has 0 aliphatic carbocycles. The molecule has 0 saturated heterocycles. The number of methoxy groups -OCH3 is 2. The molecule has 20 heavy (non-hydrogen) atoms. The molecule has 2 rings (SSSR count). The molecule has 1 aromatic heterocycles. The second kappa shape index (κ2) is 6.33. The third-order valence-corrected chi connectivity index (χ3v) is 3.69. The van der Waals surface area contributed by atoms with Crippen molar-refractivity contribution >= 4 is 39.4 Å². The van der Waals surface area contributed by atoms with Gasteiger partial charge >= 0.3 is 11.9 Å². The maximum atomic E-state index is 11.5. The molecule has 0 fully saturated rings. The molecule has 0 N–H and O–H groups in total. The zero-order valence-electron chi connectivity index (χ0n) is 11.2. The van der Waals surface area contributed by atoms with Crippen molar-refractivity contribution < 1.29 is 19.1 Å². The van der Waals surface area contributed by atoms with Crippen molar-refractivity contribution in [2.45, 2.75) is 0 Å². The number of ether oxygens (including phenoxy) is 2. The zero-order chi connectivity index (χ0) is 14.5. The van der Waals surface area contributed by atoms with Crippen molar-refractivity contribution in [3.05, 3.63) is 24.3 Å². The predicted molar refractivity (Wildman–Crippen MR) is 75.9 cm³/mol. The highest BCUT2D eigenvalue weighted by molar-refractivity contribution is 7.11. The Balaban J connectivity index is 2.34. The smallest absolute Gasteiger partial charge is 0.325 e. The fraction of sp³-hybridized carbons (Fsp3) is 0.308. The van der Waals surface area contributed by atoms with Crippen molar-refractivity contribution in [3.63, 3.8) is 0 Å². The monoisotopic (exact) mass is 294 g/mol. The molecule has 0 spiro atoms. The van der Waals surface area contributed by atoms with Gasteiger partial charge in [0.25, 0.3) is 0 Å². The fourth-order valence-corrected chi connectivity index (χ4v) is 2.60. The lowest BCUT2D eigenvalue weighted by Gasteiger charge is -2.20. The van der Waals surface area contributed by atoms with Crippen molar-refractivity contribution in [3.8, 4) is 0 Å². The lowest BCUT2D eigenvalue weighted by atomic mass is 10.2. The molecular formula is C13H14N2O4S. The van der Waals surface area contributed by atoms with Gasteiger partial charge < -0.3 is 14.4 Å². The van der Waals surface area contributed by atoms with Gasteiger partial charge in [-0.1, -0.05) is 12.1 Å². The summed E-state index contributed by atoms with van der Waals surface area (Å²) in [6, 6.07) is 7.55. The first-order chi connectivity index (χ1) is 9.65. The number of nitrogens with zero attached hydrogens (tertiary/aromatic N) is 2. The van der Waals surface area contributed by atoms with E-state index >= 15 is 0 Å². The van der Waals surface area contributed by atoms with Gasteiger partial charge in [-0.05, 0) is 23.7 Å². The van der Waals surface area contributed by atoms with Gasteiger partial charge in [-0.2, -0.15) is 4.37 Å². The molecule has 2 aromatic rings. The first-order valence-corrected chi connectivity index (χ1v) is 6.66. The summed E-state index contributed by atoms with van der Waals surface area (Å²) in [5, 5.41) is 1.64. The van der Waals surface area contributed by atoms with E-state index < -0.39 is 11.9 Å². The predicted octanol–water partition coefficient (Wildman–Crippen LogP) is 1.45. The van der Waals surface area contributed by atoms with Crippen LogP contribution in [0.1, 0.15) is 0 Å². The van der Waals surface area contributed by atoms with Gasteiger partial charge in [0.1, 0.15) is 18.1 Å². The van der Waals surface area contributed by atoms with E-state index in [0.717, 1.165) is 15.9 Å². The van der Waals surface area contributed by atoms with Crippen molar-refractivity contribution in [2.24, 2.45) is 0 Å². The zero-order valence-corrected chi connectivity index (χ0v) is 12.0.